The minimum Gasteiger partial charge on any atom is -0.371 e. The summed E-state index contributed by atoms with van der Waals surface area (Å²) in [5, 5.41) is 1.65. The highest BCUT2D eigenvalue weighted by Gasteiger charge is 2.46. The molecule has 0 aromatic heterocycles. The molecule has 3 aromatic rings. The Labute approximate surface area is 421 Å². The van der Waals surface area contributed by atoms with Crippen LogP contribution >= 0.6 is 0 Å². The average Bonchev–Trinajstić information content (AvgIpc) is 3.60. The van der Waals surface area contributed by atoms with Gasteiger partial charge in [-0.2, -0.15) is 38.2 Å². The van der Waals surface area contributed by atoms with Crippen molar-refractivity contribution in [2.45, 2.75) is 121 Å². The Morgan fingerprint density at radius 2 is 1.39 bits per heavy atom. The molecule has 1 aliphatic carbocycles. The van der Waals surface area contributed by atoms with E-state index in [-0.39, 0.29) is 43.8 Å². The summed E-state index contributed by atoms with van der Waals surface area (Å²) in [6.45, 7) is 18.2. The van der Waals surface area contributed by atoms with E-state index in [9.17, 15) is 51.9 Å². The maximum Gasteiger partial charge on any atom is 0.294 e. The number of hydrogen-bond donors (Lipinski definition) is 4. The van der Waals surface area contributed by atoms with Gasteiger partial charge in [-0.3, -0.25) is 18.2 Å². The van der Waals surface area contributed by atoms with Crippen molar-refractivity contribution in [3.05, 3.63) is 119 Å². The highest BCUT2D eigenvalue weighted by atomic mass is 32.2. The van der Waals surface area contributed by atoms with Crippen LogP contribution in [0.2, 0.25) is 0 Å². The molecule has 2 heterocycles. The molecule has 0 saturated heterocycles. The fraction of sp³-hybridized carbons (Fsp3) is 0.481. The van der Waals surface area contributed by atoms with E-state index in [4.69, 9.17) is 0 Å². The van der Waals surface area contributed by atoms with Crippen LogP contribution in [-0.4, -0.2) is 106 Å². The summed E-state index contributed by atoms with van der Waals surface area (Å²) in [5.41, 5.74) is 10.1. The minimum atomic E-state index is -4.39. The van der Waals surface area contributed by atoms with Crippen LogP contribution in [0.4, 0.5) is 17.1 Å². The van der Waals surface area contributed by atoms with Gasteiger partial charge in [0.15, 0.2) is 5.71 Å². The van der Waals surface area contributed by atoms with Crippen LogP contribution in [0.1, 0.15) is 117 Å². The fourth-order valence-electron chi connectivity index (χ4n) is 10.4. The van der Waals surface area contributed by atoms with Crippen LogP contribution in [0.5, 0.6) is 0 Å². The molecule has 15 nitrogen and oxygen atoms in total. The summed E-state index contributed by atoms with van der Waals surface area (Å²) in [6.07, 6.45) is 15.6. The Morgan fingerprint density at radius 1 is 0.746 bits per heavy atom. The second kappa shape index (κ2) is 21.9. The maximum atomic E-state index is 12.1. The molecule has 0 amide bonds. The number of fused-ring (bicyclic) bond motifs is 4. The summed E-state index contributed by atoms with van der Waals surface area (Å²) in [4.78, 5) is 3.73. The van der Waals surface area contributed by atoms with E-state index in [0.29, 0.717) is 5.69 Å². The molecule has 0 atom stereocenters. The molecule has 6 rings (SSSR count). The number of benzene rings is 3. The van der Waals surface area contributed by atoms with Gasteiger partial charge in [0.2, 0.25) is 5.69 Å². The normalized spacial score (nSPS) is 18.4. The molecule has 4 N–H and O–H groups in total. The molecule has 3 aromatic carbocycles. The van der Waals surface area contributed by atoms with Gasteiger partial charge in [-0.15, -0.1) is 6.58 Å². The summed E-state index contributed by atoms with van der Waals surface area (Å²) >= 11 is 0. The summed E-state index contributed by atoms with van der Waals surface area (Å²) in [5.74, 6) is -1.41. The average molecular weight is 1060 g/mol. The van der Waals surface area contributed by atoms with Crippen molar-refractivity contribution in [3.8, 4) is 0 Å². The van der Waals surface area contributed by atoms with Crippen molar-refractivity contribution in [3.63, 3.8) is 0 Å². The van der Waals surface area contributed by atoms with E-state index >= 15 is 0 Å². The zero-order chi connectivity index (χ0) is 52.3. The molecule has 0 saturated carbocycles. The second-order valence-corrected chi connectivity index (χ2v) is 26.3. The SMILES string of the molecule is C=C(C)CCCCC[N+]1=C(C=CC2=C(C)C(=CC=C3N(CCCS(=O)(=O)O)c4ccc(N(CCCS(=O)(=O)O)CCCS(=O)(=O)O)cc4C3(C)C)CCC2)C(C)(C)c2c1ccc1cc(S(=O)(=O)O)ccc21. The van der Waals surface area contributed by atoms with Crippen molar-refractivity contribution in [2.24, 2.45) is 0 Å². The van der Waals surface area contributed by atoms with Crippen molar-refractivity contribution < 1.29 is 56.5 Å². The molecule has 3 aliphatic rings. The molecule has 71 heavy (non-hydrogen) atoms. The molecule has 19 heteroatoms. The largest absolute Gasteiger partial charge is 0.371 e. The monoisotopic (exact) mass is 1060 g/mol. The number of hydrogen-bond acceptors (Lipinski definition) is 10. The van der Waals surface area contributed by atoms with Crippen LogP contribution in [0.3, 0.4) is 0 Å². The van der Waals surface area contributed by atoms with E-state index in [1.54, 1.807) is 6.07 Å². The molecule has 0 unspecified atom stereocenters. The lowest BCUT2D eigenvalue weighted by atomic mass is 9.78. The van der Waals surface area contributed by atoms with Gasteiger partial charge in [0, 0.05) is 66.2 Å². The van der Waals surface area contributed by atoms with Crippen LogP contribution in [0, 0.1) is 0 Å². The molecule has 388 valence electrons. The van der Waals surface area contributed by atoms with Gasteiger partial charge in [0.1, 0.15) is 6.54 Å². The number of nitrogens with zero attached hydrogens (tertiary/aromatic N) is 3. The van der Waals surface area contributed by atoms with Crippen LogP contribution in [-0.2, 0) is 51.3 Å². The second-order valence-electron chi connectivity index (χ2n) is 20.2. The predicted molar refractivity (Wildman–Crippen MR) is 284 cm³/mol. The van der Waals surface area contributed by atoms with Crippen molar-refractivity contribution >= 4 is 74.0 Å². The number of allylic oxidation sites excluding steroid dienone is 9. The van der Waals surface area contributed by atoms with Gasteiger partial charge in [-0.05, 0) is 161 Å². The first kappa shape index (κ1) is 55.8. The minimum absolute atomic E-state index is 0.0643. The summed E-state index contributed by atoms with van der Waals surface area (Å²) in [7, 11) is -17.1. The van der Waals surface area contributed by atoms with Gasteiger partial charge in [0.05, 0.1) is 27.6 Å². The number of anilines is 2. The van der Waals surface area contributed by atoms with Gasteiger partial charge in [0.25, 0.3) is 40.5 Å². The third-order valence-electron chi connectivity index (χ3n) is 14.0. The van der Waals surface area contributed by atoms with Gasteiger partial charge >= 0.3 is 0 Å². The zero-order valence-corrected chi connectivity index (χ0v) is 45.0. The number of unbranched alkanes of at least 4 members (excludes halogenated alkanes) is 2. The topological polar surface area (TPSA) is 227 Å². The molecular formula is C52H70N3O12S4+. The third kappa shape index (κ3) is 14.0. The van der Waals surface area contributed by atoms with E-state index < -0.39 is 68.6 Å². The molecule has 0 bridgehead atoms. The lowest BCUT2D eigenvalue weighted by molar-refractivity contribution is -0.438. The first-order valence-corrected chi connectivity index (χ1v) is 30.4. The first-order chi connectivity index (χ1) is 33.0. The quantitative estimate of drug-likeness (QED) is 0.0300. The third-order valence-corrected chi connectivity index (χ3v) is 17.3. The highest BCUT2D eigenvalue weighted by Crippen LogP contribution is 2.50. The van der Waals surface area contributed by atoms with Crippen molar-refractivity contribution in [2.75, 3.05) is 53.2 Å². The summed E-state index contributed by atoms with van der Waals surface area (Å²) < 4.78 is 135. The lowest BCUT2D eigenvalue weighted by Gasteiger charge is -2.27. The Balaban J connectivity index is 1.36. The van der Waals surface area contributed by atoms with E-state index in [1.165, 1.54) is 17.7 Å². The fourth-order valence-corrected chi connectivity index (χ4v) is 12.4. The molecule has 0 radical (unpaired) electrons. The first-order valence-electron chi connectivity index (χ1n) is 24.1. The van der Waals surface area contributed by atoms with Crippen molar-refractivity contribution in [1.29, 1.82) is 0 Å². The van der Waals surface area contributed by atoms with Crippen LogP contribution in [0.25, 0.3) is 10.8 Å². The van der Waals surface area contributed by atoms with Crippen LogP contribution in [0.15, 0.2) is 112 Å². The van der Waals surface area contributed by atoms with Crippen molar-refractivity contribution in [1.82, 2.24) is 0 Å². The number of rotatable bonds is 23. The predicted octanol–water partition coefficient (Wildman–Crippen LogP) is 9.90. The molecular weight excluding hydrogens is 987 g/mol. The van der Waals surface area contributed by atoms with Gasteiger partial charge < -0.3 is 9.80 Å². The Hall–Kier alpha value is -4.47. The van der Waals surface area contributed by atoms with E-state index in [0.717, 1.165) is 113 Å². The molecule has 0 fully saturated rings. The Bertz CT molecular complexity index is 3150. The molecule has 2 aliphatic heterocycles. The molecule has 0 spiro atoms. The smallest absolute Gasteiger partial charge is 0.294 e. The van der Waals surface area contributed by atoms with Gasteiger partial charge in [-0.1, -0.05) is 37.6 Å². The van der Waals surface area contributed by atoms with Gasteiger partial charge in [-0.25, -0.2) is 0 Å². The standard InChI is InChI=1S/C52H69N3O12S4/c1-37(2)15-9-8-10-30-55-47-24-18-41-35-43(71(65,66)67)22-23-44(41)50(47)52(6,7)49(55)27-20-40-17-11-16-39(38(40)3)19-26-48-51(4,5)45-36-42(21-25-46(45)54(48)31-14-34-70(62,63)64)53(28-12-32-68(56,57)58)29-13-33-69(59,60)61/h18-27,35-36H,1,8-17,28-34H2,2-7H3,(H3-,56,57,58,59,60,61,62,63,64,65,66,67)/p+1. The van der Waals surface area contributed by atoms with E-state index in [2.05, 4.69) is 81.0 Å². The Morgan fingerprint density at radius 3 is 2.01 bits per heavy atom. The van der Waals surface area contributed by atoms with Crippen LogP contribution < -0.4 is 9.80 Å². The maximum absolute atomic E-state index is 12.1. The van der Waals surface area contributed by atoms with E-state index in [1.807, 2.05) is 36.1 Å². The zero-order valence-electron chi connectivity index (χ0n) is 41.7. The lowest BCUT2D eigenvalue weighted by Crippen LogP contribution is -2.29. The Kier molecular flexibility index (Phi) is 17.3. The summed E-state index contributed by atoms with van der Waals surface area (Å²) in [6, 6.07) is 14.4. The highest BCUT2D eigenvalue weighted by molar-refractivity contribution is 7.86.